The quantitative estimate of drug-likeness (QED) is 0.776. The Kier molecular flexibility index (Phi) is 8.40. The summed E-state index contributed by atoms with van der Waals surface area (Å²) in [5, 5.41) is 0. The second kappa shape index (κ2) is 9.01. The molecule has 0 atom stereocenters. The normalized spacial score (nSPS) is 10.8. The lowest BCUT2D eigenvalue weighted by atomic mass is 9.98. The fraction of sp³-hybridized carbons (Fsp3) is 0.250. The van der Waals surface area contributed by atoms with E-state index in [1.807, 2.05) is 43.3 Å². The van der Waals surface area contributed by atoms with Gasteiger partial charge < -0.3 is 15.4 Å². The Labute approximate surface area is 151 Å². The number of anilines is 1. The van der Waals surface area contributed by atoms with Crippen molar-refractivity contribution < 1.29 is 17.9 Å². The molecule has 0 saturated heterocycles. The average molecular weight is 383 g/mol. The molecule has 0 radical (unpaired) electrons. The topological polar surface area (TPSA) is 38.5 Å². The molecule has 3 nitrogen and oxygen atoms in total. The van der Waals surface area contributed by atoms with Crippen molar-refractivity contribution in [3.63, 3.8) is 0 Å². The molecule has 0 aliphatic heterocycles. The Balaban J connectivity index is 0.00000264. The number of halogens is 5. The highest BCUT2D eigenvalue weighted by Gasteiger charge is 2.31. The monoisotopic (exact) mass is 382 g/mol. The van der Waals surface area contributed by atoms with E-state index in [2.05, 4.69) is 4.74 Å². The smallest absolute Gasteiger partial charge is 0.406 e. The van der Waals surface area contributed by atoms with E-state index in [1.165, 1.54) is 18.2 Å². The summed E-state index contributed by atoms with van der Waals surface area (Å²) in [5.74, 6) is -0.281. The van der Waals surface area contributed by atoms with Crippen molar-refractivity contribution in [3.8, 4) is 16.9 Å². The number of hydrogen-bond acceptors (Lipinski definition) is 3. The van der Waals surface area contributed by atoms with Crippen LogP contribution >= 0.6 is 24.8 Å². The number of hydrogen-bond donors (Lipinski definition) is 1. The molecule has 0 aromatic heterocycles. The second-order valence-electron chi connectivity index (χ2n) is 5.19. The van der Waals surface area contributed by atoms with Crippen molar-refractivity contribution in [3.05, 3.63) is 48.0 Å². The average Bonchev–Trinajstić information content (AvgIpc) is 2.39. The fourth-order valence-electron chi connectivity index (χ4n) is 2.23. The standard InChI is InChI=1S/C16H17F3N2O.2ClH/c1-21(2)10-11-5-3-4-6-13(11)14-9-12(7-8-15(14)20)22-16(17,18)19;;/h3-9H,10,20H2,1-2H3;2*1H. The first-order chi connectivity index (χ1) is 10.3. The second-order valence-corrected chi connectivity index (χ2v) is 5.19. The summed E-state index contributed by atoms with van der Waals surface area (Å²) in [5.41, 5.74) is 8.63. The minimum absolute atomic E-state index is 0. The van der Waals surface area contributed by atoms with Gasteiger partial charge in [-0.15, -0.1) is 38.0 Å². The van der Waals surface area contributed by atoms with Crippen LogP contribution in [0.3, 0.4) is 0 Å². The van der Waals surface area contributed by atoms with Crippen LogP contribution in [0.1, 0.15) is 5.56 Å². The molecule has 24 heavy (non-hydrogen) atoms. The zero-order chi connectivity index (χ0) is 16.3. The van der Waals surface area contributed by atoms with Gasteiger partial charge in [-0.1, -0.05) is 24.3 Å². The van der Waals surface area contributed by atoms with E-state index in [9.17, 15) is 13.2 Å². The van der Waals surface area contributed by atoms with Crippen LogP contribution in [-0.2, 0) is 6.54 Å². The van der Waals surface area contributed by atoms with Gasteiger partial charge >= 0.3 is 6.36 Å². The number of benzene rings is 2. The molecule has 0 amide bonds. The molecule has 0 aliphatic rings. The first-order valence-electron chi connectivity index (χ1n) is 6.64. The van der Waals surface area contributed by atoms with E-state index < -0.39 is 6.36 Å². The lowest BCUT2D eigenvalue weighted by Crippen LogP contribution is -2.17. The highest BCUT2D eigenvalue weighted by molar-refractivity contribution is 5.85. The number of alkyl halides is 3. The Morgan fingerprint density at radius 3 is 2.21 bits per heavy atom. The number of ether oxygens (including phenoxy) is 1. The molecule has 134 valence electrons. The molecule has 2 aromatic rings. The molecular weight excluding hydrogens is 364 g/mol. The molecule has 0 bridgehead atoms. The van der Waals surface area contributed by atoms with Crippen LogP contribution in [0.15, 0.2) is 42.5 Å². The van der Waals surface area contributed by atoms with Gasteiger partial charge in [0, 0.05) is 17.8 Å². The van der Waals surface area contributed by atoms with E-state index in [0.29, 0.717) is 17.8 Å². The van der Waals surface area contributed by atoms with E-state index in [0.717, 1.165) is 11.1 Å². The molecule has 0 aliphatic carbocycles. The summed E-state index contributed by atoms with van der Waals surface area (Å²) < 4.78 is 41.1. The Morgan fingerprint density at radius 2 is 1.62 bits per heavy atom. The molecule has 8 heteroatoms. The van der Waals surface area contributed by atoms with Gasteiger partial charge in [-0.3, -0.25) is 0 Å². The Morgan fingerprint density at radius 1 is 1.00 bits per heavy atom. The predicted molar refractivity (Wildman–Crippen MR) is 94.9 cm³/mol. The van der Waals surface area contributed by atoms with Crippen molar-refractivity contribution in [1.29, 1.82) is 0 Å². The van der Waals surface area contributed by atoms with E-state index in [-0.39, 0.29) is 30.6 Å². The molecule has 2 aromatic carbocycles. The lowest BCUT2D eigenvalue weighted by molar-refractivity contribution is -0.274. The number of nitrogen functional groups attached to an aromatic ring is 1. The summed E-state index contributed by atoms with van der Waals surface area (Å²) in [6.07, 6.45) is -4.73. The van der Waals surface area contributed by atoms with E-state index >= 15 is 0 Å². The predicted octanol–water partition coefficient (Wildman–Crippen LogP) is 4.74. The third-order valence-corrected chi connectivity index (χ3v) is 3.05. The summed E-state index contributed by atoms with van der Waals surface area (Å²) in [7, 11) is 3.84. The van der Waals surface area contributed by atoms with Crippen molar-refractivity contribution in [1.82, 2.24) is 4.90 Å². The molecule has 2 N–H and O–H groups in total. The SMILES string of the molecule is CN(C)Cc1ccccc1-c1cc(OC(F)(F)F)ccc1N.Cl.Cl. The molecule has 0 fully saturated rings. The molecule has 0 unspecified atom stereocenters. The van der Waals surface area contributed by atoms with Gasteiger partial charge in [0.15, 0.2) is 0 Å². The van der Waals surface area contributed by atoms with Gasteiger partial charge in [-0.25, -0.2) is 0 Å². The Hall–Kier alpha value is -1.63. The van der Waals surface area contributed by atoms with Crippen LogP contribution in [0, 0.1) is 0 Å². The van der Waals surface area contributed by atoms with Gasteiger partial charge in [-0.05, 0) is 43.4 Å². The van der Waals surface area contributed by atoms with Crippen molar-refractivity contribution in [2.75, 3.05) is 19.8 Å². The zero-order valence-electron chi connectivity index (χ0n) is 13.1. The largest absolute Gasteiger partial charge is 0.573 e. The van der Waals surface area contributed by atoms with Crippen LogP contribution < -0.4 is 10.5 Å². The molecule has 0 heterocycles. The van der Waals surface area contributed by atoms with Crippen LogP contribution in [0.25, 0.3) is 11.1 Å². The van der Waals surface area contributed by atoms with Crippen LogP contribution in [0.4, 0.5) is 18.9 Å². The van der Waals surface area contributed by atoms with Crippen LogP contribution in [0.5, 0.6) is 5.75 Å². The molecule has 0 saturated carbocycles. The summed E-state index contributed by atoms with van der Waals surface area (Å²) >= 11 is 0. The maximum atomic E-state index is 12.4. The maximum Gasteiger partial charge on any atom is 0.573 e. The van der Waals surface area contributed by atoms with Gasteiger partial charge in [0.25, 0.3) is 0 Å². The van der Waals surface area contributed by atoms with Crippen molar-refractivity contribution >= 4 is 30.5 Å². The van der Waals surface area contributed by atoms with E-state index in [1.54, 1.807) is 0 Å². The number of rotatable bonds is 4. The van der Waals surface area contributed by atoms with Gasteiger partial charge in [-0.2, -0.15) is 0 Å². The van der Waals surface area contributed by atoms with Gasteiger partial charge in [0.2, 0.25) is 0 Å². The maximum absolute atomic E-state index is 12.4. The van der Waals surface area contributed by atoms with Gasteiger partial charge in [0.05, 0.1) is 0 Å². The molecule has 2 rings (SSSR count). The molecular formula is C16H19Cl2F3N2O. The number of nitrogens with two attached hydrogens (primary N) is 1. The number of nitrogens with zero attached hydrogens (tertiary/aromatic N) is 1. The molecule has 0 spiro atoms. The third kappa shape index (κ3) is 6.11. The third-order valence-electron chi connectivity index (χ3n) is 3.05. The zero-order valence-corrected chi connectivity index (χ0v) is 14.8. The highest BCUT2D eigenvalue weighted by Crippen LogP contribution is 2.34. The summed E-state index contributed by atoms with van der Waals surface area (Å²) in [6, 6.07) is 11.4. The highest BCUT2D eigenvalue weighted by atomic mass is 35.5. The minimum Gasteiger partial charge on any atom is -0.406 e. The summed E-state index contributed by atoms with van der Waals surface area (Å²) in [6.45, 7) is 0.653. The van der Waals surface area contributed by atoms with Crippen LogP contribution in [0.2, 0.25) is 0 Å². The van der Waals surface area contributed by atoms with Crippen molar-refractivity contribution in [2.45, 2.75) is 12.9 Å². The Bertz CT molecular complexity index is 664. The van der Waals surface area contributed by atoms with Crippen LogP contribution in [-0.4, -0.2) is 25.4 Å². The van der Waals surface area contributed by atoms with Gasteiger partial charge in [0.1, 0.15) is 5.75 Å². The minimum atomic E-state index is -4.73. The lowest BCUT2D eigenvalue weighted by Gasteiger charge is -2.17. The summed E-state index contributed by atoms with van der Waals surface area (Å²) in [4.78, 5) is 1.98. The fourth-order valence-corrected chi connectivity index (χ4v) is 2.23. The van der Waals surface area contributed by atoms with Crippen molar-refractivity contribution in [2.24, 2.45) is 0 Å². The first-order valence-corrected chi connectivity index (χ1v) is 6.64. The van der Waals surface area contributed by atoms with E-state index in [4.69, 9.17) is 5.73 Å². The first kappa shape index (κ1) is 22.4.